The number of hydrogen-bond donors (Lipinski definition) is 2. The number of pyridine rings is 1. The Labute approximate surface area is 196 Å². The summed E-state index contributed by atoms with van der Waals surface area (Å²) in [5, 5.41) is 22.4. The van der Waals surface area contributed by atoms with Crippen molar-refractivity contribution < 1.29 is 18.6 Å². The number of piperidine rings is 2. The van der Waals surface area contributed by atoms with Crippen LogP contribution in [-0.4, -0.2) is 63.7 Å². The number of rotatable bonds is 5. The van der Waals surface area contributed by atoms with E-state index in [0.29, 0.717) is 35.0 Å². The van der Waals surface area contributed by atoms with Crippen molar-refractivity contribution in [3.8, 4) is 34.0 Å². The number of methoxy groups -OCH3 is 1. The monoisotopic (exact) mass is 468 g/mol. The first kappa shape index (κ1) is 22.4. The number of phenolic OH excluding ortho intramolecular Hbond substituents is 1. The molecule has 10 heteroatoms. The van der Waals surface area contributed by atoms with Crippen molar-refractivity contribution in [2.45, 2.75) is 50.0 Å². The van der Waals surface area contributed by atoms with Gasteiger partial charge in [0, 0.05) is 30.9 Å². The van der Waals surface area contributed by atoms with Gasteiger partial charge in [0.15, 0.2) is 17.4 Å². The van der Waals surface area contributed by atoms with Crippen LogP contribution < -0.4 is 15.0 Å². The van der Waals surface area contributed by atoms with Crippen LogP contribution in [0.3, 0.4) is 0 Å². The van der Waals surface area contributed by atoms with Crippen molar-refractivity contribution in [1.82, 2.24) is 25.5 Å². The van der Waals surface area contributed by atoms with E-state index in [9.17, 15) is 9.50 Å². The summed E-state index contributed by atoms with van der Waals surface area (Å²) in [6, 6.07) is 6.35. The summed E-state index contributed by atoms with van der Waals surface area (Å²) in [5.41, 5.74) is 1.61. The molecule has 5 rings (SSSR count). The van der Waals surface area contributed by atoms with Gasteiger partial charge in [0.05, 0.1) is 24.9 Å². The van der Waals surface area contributed by atoms with Crippen molar-refractivity contribution in [2.24, 2.45) is 0 Å². The zero-order valence-corrected chi connectivity index (χ0v) is 18.9. The fraction of sp³-hybridized carbons (Fsp3) is 0.417. The molecule has 0 saturated carbocycles. The van der Waals surface area contributed by atoms with Crippen LogP contribution in [0.2, 0.25) is 0 Å². The topological polar surface area (TPSA) is 96.3 Å². The van der Waals surface area contributed by atoms with Crippen molar-refractivity contribution in [3.05, 3.63) is 42.6 Å². The largest absolute Gasteiger partial charge is 0.507 e. The van der Waals surface area contributed by atoms with Crippen LogP contribution in [0.1, 0.15) is 25.7 Å². The minimum atomic E-state index is -0.987. The van der Waals surface area contributed by atoms with E-state index in [2.05, 4.69) is 25.5 Å². The van der Waals surface area contributed by atoms with E-state index in [0.717, 1.165) is 19.3 Å². The van der Waals surface area contributed by atoms with Gasteiger partial charge in [-0.2, -0.15) is 4.39 Å². The second-order valence-corrected chi connectivity index (χ2v) is 8.85. The van der Waals surface area contributed by atoms with Crippen molar-refractivity contribution >= 4 is 5.82 Å². The smallest absolute Gasteiger partial charge is 0.255 e. The molecule has 3 aromatic rings. The number of nitrogens with zero attached hydrogens (tertiary/aromatic N) is 5. The second-order valence-electron chi connectivity index (χ2n) is 8.85. The molecular formula is C24H26F2N6O2. The summed E-state index contributed by atoms with van der Waals surface area (Å²) in [6.45, 7) is 0. The lowest BCUT2D eigenvalue weighted by Crippen LogP contribution is -2.61. The predicted octanol–water partition coefficient (Wildman–Crippen LogP) is 3.51. The lowest BCUT2D eigenvalue weighted by atomic mass is 9.82. The SMILES string of the molecule is COc1cc(-c2ccc(-c3ncc(N(C)[C@H]4C[C@@H]5CCC[C@@H](N5)[C@H]4F)nn3)c(O)c2)cnc1F. The maximum atomic E-state index is 15.1. The highest BCUT2D eigenvalue weighted by Crippen LogP contribution is 2.34. The van der Waals surface area contributed by atoms with Gasteiger partial charge in [0.25, 0.3) is 5.95 Å². The number of aromatic nitrogens is 4. The van der Waals surface area contributed by atoms with Crippen LogP contribution in [-0.2, 0) is 0 Å². The summed E-state index contributed by atoms with van der Waals surface area (Å²) in [6.07, 6.45) is 5.61. The number of benzene rings is 1. The lowest BCUT2D eigenvalue weighted by Gasteiger charge is -2.45. The number of hydrogen-bond acceptors (Lipinski definition) is 8. The maximum Gasteiger partial charge on any atom is 0.255 e. The summed E-state index contributed by atoms with van der Waals surface area (Å²) < 4.78 is 33.6. The van der Waals surface area contributed by atoms with Crippen molar-refractivity contribution in [1.29, 1.82) is 0 Å². The Kier molecular flexibility index (Phi) is 5.99. The molecule has 178 valence electrons. The van der Waals surface area contributed by atoms with E-state index < -0.39 is 12.1 Å². The first-order chi connectivity index (χ1) is 16.4. The van der Waals surface area contributed by atoms with E-state index in [-0.39, 0.29) is 29.4 Å². The van der Waals surface area contributed by atoms with Gasteiger partial charge in [0.2, 0.25) is 0 Å². The minimum absolute atomic E-state index is 0.0150. The Morgan fingerprint density at radius 1 is 1.12 bits per heavy atom. The molecular weight excluding hydrogens is 442 g/mol. The van der Waals surface area contributed by atoms with Gasteiger partial charge in [-0.25, -0.2) is 14.4 Å². The Hall–Kier alpha value is -3.40. The Morgan fingerprint density at radius 3 is 2.71 bits per heavy atom. The molecule has 2 bridgehead atoms. The number of aromatic hydroxyl groups is 1. The van der Waals surface area contributed by atoms with Gasteiger partial charge in [-0.3, -0.25) is 0 Å². The number of ether oxygens (including phenoxy) is 1. The number of halogens is 2. The molecule has 34 heavy (non-hydrogen) atoms. The molecule has 0 amide bonds. The van der Waals surface area contributed by atoms with E-state index in [1.807, 2.05) is 11.9 Å². The average Bonchev–Trinajstić information content (AvgIpc) is 2.86. The highest BCUT2D eigenvalue weighted by atomic mass is 19.1. The van der Waals surface area contributed by atoms with Crippen LogP contribution >= 0.6 is 0 Å². The molecule has 2 aliphatic rings. The van der Waals surface area contributed by atoms with Crippen LogP contribution in [0.4, 0.5) is 14.6 Å². The third kappa shape index (κ3) is 4.13. The number of nitrogens with one attached hydrogen (secondary N) is 1. The van der Waals surface area contributed by atoms with Crippen LogP contribution in [0.25, 0.3) is 22.5 Å². The highest BCUT2D eigenvalue weighted by molar-refractivity contribution is 5.73. The van der Waals surface area contributed by atoms with Crippen LogP contribution in [0, 0.1) is 5.95 Å². The minimum Gasteiger partial charge on any atom is -0.507 e. The van der Waals surface area contributed by atoms with Gasteiger partial charge in [0.1, 0.15) is 11.9 Å². The van der Waals surface area contributed by atoms with Gasteiger partial charge in [-0.15, -0.1) is 10.2 Å². The Bertz CT molecular complexity index is 1180. The molecule has 1 aromatic carbocycles. The quantitative estimate of drug-likeness (QED) is 0.550. The zero-order chi connectivity index (χ0) is 23.8. The van der Waals surface area contributed by atoms with Crippen LogP contribution in [0.5, 0.6) is 11.5 Å². The van der Waals surface area contributed by atoms with Crippen molar-refractivity contribution in [2.75, 3.05) is 19.1 Å². The molecule has 8 nitrogen and oxygen atoms in total. The van der Waals surface area contributed by atoms with E-state index in [4.69, 9.17) is 4.74 Å². The molecule has 2 aromatic heterocycles. The Morgan fingerprint density at radius 2 is 1.97 bits per heavy atom. The normalized spacial score (nSPS) is 24.0. The third-order valence-electron chi connectivity index (χ3n) is 6.80. The molecule has 2 fully saturated rings. The third-order valence-corrected chi connectivity index (χ3v) is 6.80. The second kappa shape index (κ2) is 9.09. The first-order valence-electron chi connectivity index (χ1n) is 11.3. The van der Waals surface area contributed by atoms with Crippen molar-refractivity contribution in [3.63, 3.8) is 0 Å². The van der Waals surface area contributed by atoms with Gasteiger partial charge < -0.3 is 20.1 Å². The summed E-state index contributed by atoms with van der Waals surface area (Å²) in [4.78, 5) is 9.87. The average molecular weight is 469 g/mol. The van der Waals surface area contributed by atoms with E-state index in [1.165, 1.54) is 25.4 Å². The summed E-state index contributed by atoms with van der Waals surface area (Å²) in [5.74, 6) is -0.0183. The molecule has 2 saturated heterocycles. The predicted molar refractivity (Wildman–Crippen MR) is 123 cm³/mol. The molecule has 0 unspecified atom stereocenters. The van der Waals surface area contributed by atoms with E-state index >= 15 is 4.39 Å². The Balaban J connectivity index is 1.35. The highest BCUT2D eigenvalue weighted by Gasteiger charge is 2.42. The molecule has 0 radical (unpaired) electrons. The molecule has 0 spiro atoms. The number of fused-ring (bicyclic) bond motifs is 2. The molecule has 4 heterocycles. The summed E-state index contributed by atoms with van der Waals surface area (Å²) in [7, 11) is 3.18. The molecule has 2 N–H and O–H groups in total. The number of phenols is 1. The first-order valence-corrected chi connectivity index (χ1v) is 11.3. The molecule has 4 atom stereocenters. The summed E-state index contributed by atoms with van der Waals surface area (Å²) >= 11 is 0. The zero-order valence-electron chi connectivity index (χ0n) is 18.9. The fourth-order valence-corrected chi connectivity index (χ4v) is 4.91. The van der Waals surface area contributed by atoms with Gasteiger partial charge in [-0.1, -0.05) is 12.5 Å². The standard InChI is InChI=1S/C24H26F2N6O2/c1-32(18-10-15-4-3-5-17(29-15)22(18)25)21-12-28-24(31-30-21)16-7-6-13(8-19(16)33)14-9-20(34-2)23(26)27-11-14/h6-9,11-12,15,17-18,22,29,33H,3-5,10H2,1-2H3/t15-,17+,18-,22+/m0/s1. The van der Waals surface area contributed by atoms with E-state index in [1.54, 1.807) is 18.3 Å². The van der Waals surface area contributed by atoms with Gasteiger partial charge in [-0.05, 0) is 43.0 Å². The molecule has 0 aliphatic carbocycles. The number of alkyl halides is 1. The lowest BCUT2D eigenvalue weighted by molar-refractivity contribution is 0.107. The molecule has 2 aliphatic heterocycles. The van der Waals surface area contributed by atoms with Crippen LogP contribution in [0.15, 0.2) is 36.7 Å². The fourth-order valence-electron chi connectivity index (χ4n) is 4.91. The van der Waals surface area contributed by atoms with Gasteiger partial charge >= 0.3 is 0 Å². The maximum absolute atomic E-state index is 15.1. The number of anilines is 1.